The second-order valence-electron chi connectivity index (χ2n) is 8.08. The Morgan fingerprint density at radius 3 is 2.34 bits per heavy atom. The Morgan fingerprint density at radius 1 is 1.00 bits per heavy atom. The van der Waals surface area contributed by atoms with Crippen molar-refractivity contribution in [3.05, 3.63) is 64.7 Å². The minimum Gasteiger partial charge on any atom is -0.493 e. The Balaban J connectivity index is 2.05. The van der Waals surface area contributed by atoms with Crippen molar-refractivity contribution < 1.29 is 50.1 Å². The van der Waals surface area contributed by atoms with Crippen LogP contribution >= 0.6 is 0 Å². The fourth-order valence-corrected chi connectivity index (χ4v) is 4.24. The van der Waals surface area contributed by atoms with Crippen LogP contribution in [0.1, 0.15) is 53.9 Å². The van der Waals surface area contributed by atoms with Gasteiger partial charge in [0.1, 0.15) is 12.2 Å². The van der Waals surface area contributed by atoms with Crippen molar-refractivity contribution in [1.29, 1.82) is 0 Å². The predicted octanol–water partition coefficient (Wildman–Crippen LogP) is 5.44. The van der Waals surface area contributed by atoms with Crippen molar-refractivity contribution in [3.8, 4) is 17.2 Å². The molecule has 14 heteroatoms. The molecule has 0 saturated carbocycles. The lowest BCUT2D eigenvalue weighted by Gasteiger charge is -2.25. The van der Waals surface area contributed by atoms with E-state index in [2.05, 4.69) is 10.2 Å². The summed E-state index contributed by atoms with van der Waals surface area (Å²) in [5.74, 6) is -2.48. The van der Waals surface area contributed by atoms with Crippen LogP contribution in [0, 0.1) is 0 Å². The van der Waals surface area contributed by atoms with Gasteiger partial charge >= 0.3 is 18.3 Å². The summed E-state index contributed by atoms with van der Waals surface area (Å²) in [6, 6.07) is 6.73. The van der Waals surface area contributed by atoms with Gasteiger partial charge in [0, 0.05) is 11.1 Å². The number of rotatable bonds is 6. The summed E-state index contributed by atoms with van der Waals surface area (Å²) in [7, 11) is 2.63. The third-order valence-corrected chi connectivity index (χ3v) is 5.78. The zero-order chi connectivity index (χ0) is 27.8. The largest absolute Gasteiger partial charge is 0.493 e. The molecule has 0 aliphatic carbocycles. The van der Waals surface area contributed by atoms with Gasteiger partial charge in [-0.2, -0.15) is 26.3 Å². The average Bonchev–Trinajstić information content (AvgIpc) is 3.26. The number of hydrogen-bond donors (Lipinski definition) is 0. The molecular formula is C24H21F6N3O5. The lowest BCUT2D eigenvalue weighted by Crippen LogP contribution is -2.18. The molecule has 0 saturated heterocycles. The quantitative estimate of drug-likeness (QED) is 0.302. The Hall–Kier alpha value is -3.81. The van der Waals surface area contributed by atoms with E-state index in [0.717, 1.165) is 6.07 Å². The highest BCUT2D eigenvalue weighted by molar-refractivity contribution is 5.70. The number of fused-ring (bicyclic) bond motifs is 3. The van der Waals surface area contributed by atoms with Crippen LogP contribution in [-0.2, 0) is 26.6 Å². The van der Waals surface area contributed by atoms with Crippen molar-refractivity contribution in [2.24, 2.45) is 0 Å². The number of esters is 1. The fourth-order valence-electron chi connectivity index (χ4n) is 4.24. The van der Waals surface area contributed by atoms with Crippen molar-refractivity contribution >= 4 is 5.97 Å². The summed E-state index contributed by atoms with van der Waals surface area (Å²) in [6.07, 6.45) is -13.4. The second-order valence-corrected chi connectivity index (χ2v) is 8.08. The van der Waals surface area contributed by atoms with Crippen LogP contribution in [0.3, 0.4) is 0 Å². The van der Waals surface area contributed by atoms with Crippen LogP contribution in [0.4, 0.5) is 26.3 Å². The predicted molar refractivity (Wildman–Crippen MR) is 118 cm³/mol. The first-order valence-electron chi connectivity index (χ1n) is 11.2. The lowest BCUT2D eigenvalue weighted by molar-refractivity contribution is -0.147. The first-order chi connectivity index (χ1) is 17.9. The number of aromatic nitrogens is 3. The van der Waals surface area contributed by atoms with Gasteiger partial charge in [0.05, 0.1) is 38.5 Å². The number of para-hydroxylation sites is 1. The van der Waals surface area contributed by atoms with Crippen LogP contribution in [-0.4, -0.2) is 41.6 Å². The summed E-state index contributed by atoms with van der Waals surface area (Å²) >= 11 is 0. The first kappa shape index (κ1) is 27.2. The van der Waals surface area contributed by atoms with Gasteiger partial charge in [0.15, 0.2) is 17.3 Å². The Kier molecular flexibility index (Phi) is 7.28. The number of benzene rings is 2. The third-order valence-electron chi connectivity index (χ3n) is 5.78. The molecule has 0 N–H and O–H groups in total. The lowest BCUT2D eigenvalue weighted by atomic mass is 9.96. The van der Waals surface area contributed by atoms with Crippen LogP contribution in [0.2, 0.25) is 0 Å². The fraction of sp³-hybridized carbons (Fsp3) is 0.375. The number of carbonyl (C=O) groups excluding carboxylic acids is 1. The zero-order valence-corrected chi connectivity index (χ0v) is 20.2. The summed E-state index contributed by atoms with van der Waals surface area (Å²) in [6.45, 7) is 1.52. The van der Waals surface area contributed by atoms with Gasteiger partial charge in [0.25, 0.3) is 0 Å². The van der Waals surface area contributed by atoms with Gasteiger partial charge in [0.2, 0.25) is 5.82 Å². The summed E-state index contributed by atoms with van der Waals surface area (Å²) in [5.41, 5.74) is -1.58. The topological polar surface area (TPSA) is 84.7 Å². The summed E-state index contributed by atoms with van der Waals surface area (Å²) in [5, 5.41) is 6.87. The normalized spacial score (nSPS) is 17.3. The number of ether oxygens (including phenoxy) is 4. The van der Waals surface area contributed by atoms with Crippen molar-refractivity contribution in [3.63, 3.8) is 0 Å². The van der Waals surface area contributed by atoms with E-state index in [4.69, 9.17) is 18.9 Å². The molecule has 0 radical (unpaired) electrons. The number of nitrogens with zero attached hydrogens (tertiary/aromatic N) is 3. The number of hydrogen-bond acceptors (Lipinski definition) is 7. The van der Waals surface area contributed by atoms with Crippen LogP contribution < -0.4 is 9.47 Å². The van der Waals surface area contributed by atoms with Crippen molar-refractivity contribution in [2.75, 3.05) is 20.8 Å². The van der Waals surface area contributed by atoms with Gasteiger partial charge in [-0.15, -0.1) is 10.2 Å². The number of methoxy groups -OCH3 is 2. The molecule has 1 aliphatic heterocycles. The molecule has 38 heavy (non-hydrogen) atoms. The Labute approximate surface area is 212 Å². The van der Waals surface area contributed by atoms with E-state index in [1.165, 1.54) is 39.3 Å². The van der Waals surface area contributed by atoms with Gasteiger partial charge < -0.3 is 18.9 Å². The molecule has 3 aromatic rings. The minimum atomic E-state index is -5.03. The van der Waals surface area contributed by atoms with Gasteiger partial charge in [-0.05, 0) is 31.2 Å². The van der Waals surface area contributed by atoms with E-state index in [1.54, 1.807) is 0 Å². The summed E-state index contributed by atoms with van der Waals surface area (Å²) < 4.78 is 105. The maximum atomic E-state index is 14.0. The van der Waals surface area contributed by atoms with Crippen LogP contribution in [0.15, 0.2) is 36.4 Å². The molecule has 1 aromatic heterocycles. The molecule has 2 aromatic carbocycles. The molecule has 8 nitrogen and oxygen atoms in total. The molecule has 0 amide bonds. The van der Waals surface area contributed by atoms with Crippen LogP contribution in [0.25, 0.3) is 5.69 Å². The van der Waals surface area contributed by atoms with E-state index in [0.29, 0.717) is 16.7 Å². The van der Waals surface area contributed by atoms with E-state index in [-0.39, 0.29) is 34.9 Å². The zero-order valence-electron chi connectivity index (χ0n) is 20.2. The molecule has 0 spiro atoms. The number of carbonyl (C=O) groups is 1. The molecule has 2 atom stereocenters. The van der Waals surface area contributed by atoms with Crippen molar-refractivity contribution in [1.82, 2.24) is 14.8 Å². The van der Waals surface area contributed by atoms with E-state index in [1.807, 2.05) is 0 Å². The molecular weight excluding hydrogens is 524 g/mol. The standard InChI is InChI=1S/C24H21F6N3O5/c1-4-37-18(34)11-17-21-31-32-22(24(28,29)30)33(21)15-9-8-12(23(25,26)27)10-14(15)19(38-17)13-6-5-7-16(35-2)20(13)36-3/h5-10,17,19H,4,11H2,1-3H3/t17-,19-/m0/s1. The number of halogens is 6. The molecule has 204 valence electrons. The average molecular weight is 545 g/mol. The molecule has 1 aliphatic rings. The van der Waals surface area contributed by atoms with E-state index in [9.17, 15) is 31.1 Å². The van der Waals surface area contributed by atoms with Gasteiger partial charge in [-0.1, -0.05) is 12.1 Å². The first-order valence-corrected chi connectivity index (χ1v) is 11.2. The molecule has 0 bridgehead atoms. The monoisotopic (exact) mass is 545 g/mol. The van der Waals surface area contributed by atoms with Gasteiger partial charge in [-0.3, -0.25) is 9.36 Å². The second kappa shape index (κ2) is 10.2. The third kappa shape index (κ3) is 4.99. The number of alkyl halides is 6. The summed E-state index contributed by atoms with van der Waals surface area (Å²) in [4.78, 5) is 12.4. The smallest absolute Gasteiger partial charge is 0.452 e. The molecule has 0 unspecified atom stereocenters. The maximum absolute atomic E-state index is 14.0. The van der Waals surface area contributed by atoms with E-state index < -0.39 is 54.2 Å². The highest BCUT2D eigenvalue weighted by Crippen LogP contribution is 2.48. The molecule has 4 rings (SSSR count). The minimum absolute atomic E-state index is 0.0195. The van der Waals surface area contributed by atoms with Crippen LogP contribution in [0.5, 0.6) is 11.5 Å². The Morgan fingerprint density at radius 2 is 1.74 bits per heavy atom. The Bertz CT molecular complexity index is 1340. The van der Waals surface area contributed by atoms with E-state index >= 15 is 0 Å². The highest BCUT2D eigenvalue weighted by atomic mass is 19.4. The maximum Gasteiger partial charge on any atom is 0.452 e. The SMILES string of the molecule is CCOC(=O)C[C@@H]1O[C@@H](c2cccc(OC)c2OC)c2cc(C(F)(F)F)ccc2-n2c1nnc2C(F)(F)F. The molecule has 0 fully saturated rings. The highest BCUT2D eigenvalue weighted by Gasteiger charge is 2.44. The van der Waals surface area contributed by atoms with Gasteiger partial charge in [-0.25, -0.2) is 0 Å². The van der Waals surface area contributed by atoms with Crippen molar-refractivity contribution in [2.45, 2.75) is 37.9 Å². The molecule has 2 heterocycles.